The molecule has 0 atom stereocenters. The molecule has 88 valence electrons. The van der Waals surface area contributed by atoms with Crippen molar-refractivity contribution in [2.45, 2.75) is 0 Å². The molecule has 0 spiro atoms. The summed E-state index contributed by atoms with van der Waals surface area (Å²) >= 11 is 5.49. The van der Waals surface area contributed by atoms with E-state index in [2.05, 4.69) is 5.32 Å². The van der Waals surface area contributed by atoms with Crippen molar-refractivity contribution in [3.63, 3.8) is 0 Å². The standard InChI is InChI=1S/C11H14ClNO3/c1-15-8-3-4-9(10(7-8)16-2)11(14)13-6-5-12/h3-4,7H,5-6H2,1-2H3,(H,13,14). The summed E-state index contributed by atoms with van der Waals surface area (Å²) in [5, 5.41) is 2.67. The Labute approximate surface area is 99.5 Å². The summed E-state index contributed by atoms with van der Waals surface area (Å²) in [6, 6.07) is 5.02. The van der Waals surface area contributed by atoms with Crippen LogP contribution in [0.25, 0.3) is 0 Å². The molecule has 0 heterocycles. The number of rotatable bonds is 5. The molecule has 4 nitrogen and oxygen atoms in total. The topological polar surface area (TPSA) is 47.6 Å². The molecule has 1 amide bonds. The van der Waals surface area contributed by atoms with Gasteiger partial charge < -0.3 is 14.8 Å². The Balaban J connectivity index is 2.90. The minimum atomic E-state index is -0.208. The monoisotopic (exact) mass is 243 g/mol. The number of halogens is 1. The summed E-state index contributed by atoms with van der Waals surface area (Å²) in [7, 11) is 3.06. The summed E-state index contributed by atoms with van der Waals surface area (Å²) < 4.78 is 10.2. The van der Waals surface area contributed by atoms with Crippen molar-refractivity contribution >= 4 is 17.5 Å². The molecule has 0 aliphatic heterocycles. The average Bonchev–Trinajstić information content (AvgIpc) is 2.34. The second kappa shape index (κ2) is 6.23. The number of carbonyl (C=O) groups excluding carboxylic acids is 1. The third-order valence-corrected chi connectivity index (χ3v) is 2.22. The van der Waals surface area contributed by atoms with Gasteiger partial charge in [-0.25, -0.2) is 0 Å². The maximum Gasteiger partial charge on any atom is 0.255 e. The summed E-state index contributed by atoms with van der Waals surface area (Å²) in [6.07, 6.45) is 0. The van der Waals surface area contributed by atoms with Crippen molar-refractivity contribution in [3.05, 3.63) is 23.8 Å². The Morgan fingerprint density at radius 3 is 2.69 bits per heavy atom. The van der Waals surface area contributed by atoms with E-state index in [0.717, 1.165) is 0 Å². The lowest BCUT2D eigenvalue weighted by molar-refractivity contribution is 0.0953. The Morgan fingerprint density at radius 2 is 2.12 bits per heavy atom. The first-order chi connectivity index (χ1) is 7.72. The van der Waals surface area contributed by atoms with Gasteiger partial charge in [-0.3, -0.25) is 4.79 Å². The zero-order chi connectivity index (χ0) is 12.0. The first-order valence-corrected chi connectivity index (χ1v) is 5.32. The van der Waals surface area contributed by atoms with Gasteiger partial charge in [0.05, 0.1) is 19.8 Å². The van der Waals surface area contributed by atoms with Crippen LogP contribution in [0.3, 0.4) is 0 Å². The lowest BCUT2D eigenvalue weighted by Gasteiger charge is -2.10. The van der Waals surface area contributed by atoms with Crippen LogP contribution in [0.15, 0.2) is 18.2 Å². The van der Waals surface area contributed by atoms with Crippen molar-refractivity contribution in [1.29, 1.82) is 0 Å². The van der Waals surface area contributed by atoms with Crippen molar-refractivity contribution < 1.29 is 14.3 Å². The molecule has 1 aromatic rings. The number of alkyl halides is 1. The van der Waals surface area contributed by atoms with Crippen molar-refractivity contribution in [2.24, 2.45) is 0 Å². The van der Waals surface area contributed by atoms with E-state index in [1.165, 1.54) is 7.11 Å². The molecule has 0 aliphatic rings. The molecule has 0 aliphatic carbocycles. The molecule has 0 saturated heterocycles. The third kappa shape index (κ3) is 3.03. The normalized spacial score (nSPS) is 9.69. The van der Waals surface area contributed by atoms with Crippen LogP contribution in [-0.4, -0.2) is 32.6 Å². The summed E-state index contributed by atoms with van der Waals surface area (Å²) in [5.74, 6) is 1.29. The van der Waals surface area contributed by atoms with Crippen molar-refractivity contribution in [3.8, 4) is 11.5 Å². The summed E-state index contributed by atoms with van der Waals surface area (Å²) in [4.78, 5) is 11.7. The number of hydrogen-bond acceptors (Lipinski definition) is 3. The van der Waals surface area contributed by atoms with Gasteiger partial charge in [-0.1, -0.05) is 0 Å². The lowest BCUT2D eigenvalue weighted by Crippen LogP contribution is -2.25. The smallest absolute Gasteiger partial charge is 0.255 e. The number of nitrogens with one attached hydrogen (secondary N) is 1. The first-order valence-electron chi connectivity index (χ1n) is 4.79. The number of ether oxygens (including phenoxy) is 2. The summed E-state index contributed by atoms with van der Waals surface area (Å²) in [6.45, 7) is 0.426. The Hall–Kier alpha value is -1.42. The van der Waals surface area contributed by atoms with Crippen LogP contribution >= 0.6 is 11.6 Å². The second-order valence-corrected chi connectivity index (χ2v) is 3.39. The zero-order valence-corrected chi connectivity index (χ0v) is 10.0. The molecule has 0 fully saturated rings. The number of hydrogen-bond donors (Lipinski definition) is 1. The number of carbonyl (C=O) groups is 1. The molecule has 0 saturated carbocycles. The maximum absolute atomic E-state index is 11.7. The Kier molecular flexibility index (Phi) is 4.92. The van der Waals surface area contributed by atoms with Gasteiger partial charge in [0.1, 0.15) is 11.5 Å². The highest BCUT2D eigenvalue weighted by molar-refractivity contribution is 6.18. The Bertz CT molecular complexity index is 368. The highest BCUT2D eigenvalue weighted by atomic mass is 35.5. The van der Waals surface area contributed by atoms with Crippen LogP contribution in [0.1, 0.15) is 10.4 Å². The Morgan fingerprint density at radius 1 is 1.38 bits per heavy atom. The molecule has 1 aromatic carbocycles. The molecule has 16 heavy (non-hydrogen) atoms. The van der Waals surface area contributed by atoms with Crippen LogP contribution in [0.5, 0.6) is 11.5 Å². The van der Waals surface area contributed by atoms with Crippen LogP contribution < -0.4 is 14.8 Å². The SMILES string of the molecule is COc1ccc(C(=O)NCCCl)c(OC)c1. The maximum atomic E-state index is 11.7. The average molecular weight is 244 g/mol. The number of amides is 1. The zero-order valence-electron chi connectivity index (χ0n) is 9.25. The van der Waals surface area contributed by atoms with E-state index in [-0.39, 0.29) is 5.91 Å². The van der Waals surface area contributed by atoms with Gasteiger partial charge in [0.2, 0.25) is 0 Å². The molecular formula is C11H14ClNO3. The fraction of sp³-hybridized carbons (Fsp3) is 0.364. The first kappa shape index (κ1) is 12.6. The molecule has 0 bridgehead atoms. The van der Waals surface area contributed by atoms with E-state index in [1.807, 2.05) is 0 Å². The minimum absolute atomic E-state index is 0.208. The van der Waals surface area contributed by atoms with Gasteiger partial charge in [0.15, 0.2) is 0 Å². The van der Waals surface area contributed by atoms with E-state index in [0.29, 0.717) is 29.5 Å². The van der Waals surface area contributed by atoms with E-state index in [4.69, 9.17) is 21.1 Å². The van der Waals surface area contributed by atoms with E-state index >= 15 is 0 Å². The fourth-order valence-corrected chi connectivity index (χ4v) is 1.34. The van der Waals surface area contributed by atoms with Gasteiger partial charge >= 0.3 is 0 Å². The van der Waals surface area contributed by atoms with E-state index in [9.17, 15) is 4.79 Å². The van der Waals surface area contributed by atoms with Crippen molar-refractivity contribution in [2.75, 3.05) is 26.6 Å². The van der Waals surface area contributed by atoms with Gasteiger partial charge in [-0.2, -0.15) is 0 Å². The molecule has 0 unspecified atom stereocenters. The summed E-state index contributed by atoms with van der Waals surface area (Å²) in [5.41, 5.74) is 0.466. The van der Waals surface area contributed by atoms with E-state index < -0.39 is 0 Å². The van der Waals surface area contributed by atoms with Gasteiger partial charge in [-0.15, -0.1) is 11.6 Å². The molecular weight excluding hydrogens is 230 g/mol. The van der Waals surface area contributed by atoms with Gasteiger partial charge in [0, 0.05) is 18.5 Å². The second-order valence-electron chi connectivity index (χ2n) is 3.01. The quantitative estimate of drug-likeness (QED) is 0.801. The molecule has 1 rings (SSSR count). The van der Waals surface area contributed by atoms with Gasteiger partial charge in [-0.05, 0) is 12.1 Å². The van der Waals surface area contributed by atoms with Crippen LogP contribution in [0.2, 0.25) is 0 Å². The van der Waals surface area contributed by atoms with Crippen LogP contribution in [0, 0.1) is 0 Å². The highest BCUT2D eigenvalue weighted by Crippen LogP contribution is 2.24. The minimum Gasteiger partial charge on any atom is -0.497 e. The van der Waals surface area contributed by atoms with E-state index in [1.54, 1.807) is 25.3 Å². The third-order valence-electron chi connectivity index (χ3n) is 2.03. The largest absolute Gasteiger partial charge is 0.497 e. The molecule has 0 radical (unpaired) electrons. The van der Waals surface area contributed by atoms with Gasteiger partial charge in [0.25, 0.3) is 5.91 Å². The molecule has 5 heteroatoms. The van der Waals surface area contributed by atoms with Crippen LogP contribution in [0.4, 0.5) is 0 Å². The highest BCUT2D eigenvalue weighted by Gasteiger charge is 2.12. The number of benzene rings is 1. The van der Waals surface area contributed by atoms with Crippen LogP contribution in [-0.2, 0) is 0 Å². The predicted molar refractivity (Wildman–Crippen MR) is 62.6 cm³/mol. The predicted octanol–water partition coefficient (Wildman–Crippen LogP) is 1.67. The van der Waals surface area contributed by atoms with Crippen molar-refractivity contribution in [1.82, 2.24) is 5.32 Å². The molecule has 0 aromatic heterocycles. The lowest BCUT2D eigenvalue weighted by atomic mass is 10.2. The fourth-order valence-electron chi connectivity index (χ4n) is 1.24. The molecule has 1 N–H and O–H groups in total. The number of methoxy groups -OCH3 is 2.